The summed E-state index contributed by atoms with van der Waals surface area (Å²) in [4.78, 5) is 0. The Morgan fingerprint density at radius 2 is 1.94 bits per heavy atom. The fourth-order valence-electron chi connectivity index (χ4n) is 1.79. The summed E-state index contributed by atoms with van der Waals surface area (Å²) in [7, 11) is 0. The maximum Gasteiger partial charge on any atom is 0.0986 e. The van der Waals surface area contributed by atoms with Crippen molar-refractivity contribution in [2.24, 2.45) is 11.7 Å². The second-order valence-electron chi connectivity index (χ2n) is 5.07. The van der Waals surface area contributed by atoms with Crippen molar-refractivity contribution in [3.05, 3.63) is 34.3 Å². The zero-order valence-electron chi connectivity index (χ0n) is 11.5. The van der Waals surface area contributed by atoms with Gasteiger partial charge in [0.25, 0.3) is 0 Å². The van der Waals surface area contributed by atoms with E-state index in [2.05, 4.69) is 42.8 Å². The van der Waals surface area contributed by atoms with Crippen molar-refractivity contribution >= 4 is 15.9 Å². The lowest BCUT2D eigenvalue weighted by Gasteiger charge is -2.25. The van der Waals surface area contributed by atoms with E-state index in [-0.39, 0.29) is 12.1 Å². The number of ether oxygens (including phenoxy) is 1. The standard InChI is InChI=1S/C15H24BrNO/c1-4-14(17)15(18-10-9-11(2)3)12-7-5-6-8-13(12)16/h5-8,11,14-15H,4,9-10,17H2,1-3H3. The molecule has 2 atom stereocenters. The van der Waals surface area contributed by atoms with Gasteiger partial charge in [-0.3, -0.25) is 0 Å². The summed E-state index contributed by atoms with van der Waals surface area (Å²) >= 11 is 3.58. The molecule has 2 N–H and O–H groups in total. The molecule has 2 nitrogen and oxygen atoms in total. The molecule has 1 rings (SSSR count). The van der Waals surface area contributed by atoms with Crippen LogP contribution in [-0.2, 0) is 4.74 Å². The van der Waals surface area contributed by atoms with Crippen LogP contribution in [0.25, 0.3) is 0 Å². The molecule has 0 amide bonds. The molecule has 3 heteroatoms. The van der Waals surface area contributed by atoms with Gasteiger partial charge < -0.3 is 10.5 Å². The van der Waals surface area contributed by atoms with Gasteiger partial charge in [0.2, 0.25) is 0 Å². The van der Waals surface area contributed by atoms with E-state index in [1.165, 1.54) is 0 Å². The molecule has 0 saturated heterocycles. The van der Waals surface area contributed by atoms with Gasteiger partial charge >= 0.3 is 0 Å². The Hall–Kier alpha value is -0.380. The third-order valence-electron chi connectivity index (χ3n) is 3.06. The van der Waals surface area contributed by atoms with Crippen LogP contribution in [0.4, 0.5) is 0 Å². The van der Waals surface area contributed by atoms with Crippen molar-refractivity contribution in [2.45, 2.75) is 45.8 Å². The summed E-state index contributed by atoms with van der Waals surface area (Å²) in [5, 5.41) is 0. The monoisotopic (exact) mass is 313 g/mol. The molecule has 0 radical (unpaired) electrons. The molecule has 18 heavy (non-hydrogen) atoms. The molecule has 2 unspecified atom stereocenters. The van der Waals surface area contributed by atoms with Gasteiger partial charge in [0.15, 0.2) is 0 Å². The van der Waals surface area contributed by atoms with Crippen molar-refractivity contribution in [2.75, 3.05) is 6.61 Å². The summed E-state index contributed by atoms with van der Waals surface area (Å²) < 4.78 is 7.09. The van der Waals surface area contributed by atoms with Crippen LogP contribution >= 0.6 is 15.9 Å². The highest BCUT2D eigenvalue weighted by molar-refractivity contribution is 9.10. The van der Waals surface area contributed by atoms with Crippen LogP contribution in [0.5, 0.6) is 0 Å². The number of halogens is 1. The molecule has 102 valence electrons. The number of hydrogen-bond donors (Lipinski definition) is 1. The first-order chi connectivity index (χ1) is 8.56. The van der Waals surface area contributed by atoms with Crippen LogP contribution in [0.3, 0.4) is 0 Å². The Kier molecular flexibility index (Phi) is 6.90. The molecule has 0 fully saturated rings. The lowest BCUT2D eigenvalue weighted by Crippen LogP contribution is -2.30. The molecule has 0 saturated carbocycles. The zero-order chi connectivity index (χ0) is 13.5. The smallest absolute Gasteiger partial charge is 0.0986 e. The third kappa shape index (κ3) is 4.71. The highest BCUT2D eigenvalue weighted by Crippen LogP contribution is 2.29. The topological polar surface area (TPSA) is 35.2 Å². The molecule has 0 aliphatic heterocycles. The Morgan fingerprint density at radius 1 is 1.28 bits per heavy atom. The highest BCUT2D eigenvalue weighted by Gasteiger charge is 2.21. The molecule has 0 spiro atoms. The lowest BCUT2D eigenvalue weighted by molar-refractivity contribution is 0.0271. The van der Waals surface area contributed by atoms with Crippen molar-refractivity contribution in [3.8, 4) is 0 Å². The SMILES string of the molecule is CCC(N)C(OCCC(C)C)c1ccccc1Br. The first-order valence-electron chi connectivity index (χ1n) is 6.67. The summed E-state index contributed by atoms with van der Waals surface area (Å²) in [6, 6.07) is 8.20. The highest BCUT2D eigenvalue weighted by atomic mass is 79.9. The fraction of sp³-hybridized carbons (Fsp3) is 0.600. The quantitative estimate of drug-likeness (QED) is 0.815. The van der Waals surface area contributed by atoms with E-state index in [1.807, 2.05) is 18.2 Å². The average Bonchev–Trinajstić information content (AvgIpc) is 2.35. The van der Waals surface area contributed by atoms with E-state index < -0.39 is 0 Å². The third-order valence-corrected chi connectivity index (χ3v) is 3.79. The second-order valence-corrected chi connectivity index (χ2v) is 5.92. The van der Waals surface area contributed by atoms with Crippen LogP contribution in [0.1, 0.15) is 45.3 Å². The van der Waals surface area contributed by atoms with Crippen LogP contribution in [-0.4, -0.2) is 12.6 Å². The Balaban J connectivity index is 2.75. The summed E-state index contributed by atoms with van der Waals surface area (Å²) in [5.74, 6) is 0.655. The van der Waals surface area contributed by atoms with Crippen LogP contribution < -0.4 is 5.73 Å². The van der Waals surface area contributed by atoms with E-state index in [0.29, 0.717) is 5.92 Å². The molecular formula is C15H24BrNO. The Morgan fingerprint density at radius 3 is 2.50 bits per heavy atom. The first kappa shape index (κ1) is 15.7. The molecule has 1 aromatic rings. The minimum absolute atomic E-state index is 0.0238. The maximum absolute atomic E-state index is 6.19. The van der Waals surface area contributed by atoms with E-state index in [1.54, 1.807) is 0 Å². The Labute approximate surface area is 119 Å². The molecule has 0 aromatic heterocycles. The number of hydrogen-bond acceptors (Lipinski definition) is 2. The first-order valence-corrected chi connectivity index (χ1v) is 7.47. The van der Waals surface area contributed by atoms with Crippen molar-refractivity contribution < 1.29 is 4.74 Å². The van der Waals surface area contributed by atoms with Crippen molar-refractivity contribution in [3.63, 3.8) is 0 Å². The van der Waals surface area contributed by atoms with Gasteiger partial charge in [-0.1, -0.05) is 54.9 Å². The van der Waals surface area contributed by atoms with E-state index in [9.17, 15) is 0 Å². The Bertz CT molecular complexity index is 354. The molecule has 0 aliphatic carbocycles. The minimum atomic E-state index is -0.0238. The van der Waals surface area contributed by atoms with E-state index in [4.69, 9.17) is 10.5 Å². The average molecular weight is 314 g/mol. The maximum atomic E-state index is 6.19. The van der Waals surface area contributed by atoms with E-state index in [0.717, 1.165) is 29.5 Å². The predicted molar refractivity (Wildman–Crippen MR) is 80.6 cm³/mol. The van der Waals surface area contributed by atoms with Crippen molar-refractivity contribution in [1.82, 2.24) is 0 Å². The van der Waals surface area contributed by atoms with Gasteiger partial charge in [0.05, 0.1) is 6.10 Å². The summed E-state index contributed by atoms with van der Waals surface area (Å²) in [6.07, 6.45) is 1.95. The molecule has 0 bridgehead atoms. The van der Waals surface area contributed by atoms with Crippen LogP contribution in [0, 0.1) is 5.92 Å². The zero-order valence-corrected chi connectivity index (χ0v) is 13.1. The minimum Gasteiger partial charge on any atom is -0.372 e. The molecular weight excluding hydrogens is 290 g/mol. The largest absolute Gasteiger partial charge is 0.372 e. The number of rotatable bonds is 7. The molecule has 0 aliphatic rings. The van der Waals surface area contributed by atoms with Crippen LogP contribution in [0.2, 0.25) is 0 Å². The lowest BCUT2D eigenvalue weighted by atomic mass is 10.0. The van der Waals surface area contributed by atoms with E-state index >= 15 is 0 Å². The number of nitrogens with two attached hydrogens (primary N) is 1. The molecule has 1 aromatic carbocycles. The van der Waals surface area contributed by atoms with Crippen molar-refractivity contribution in [1.29, 1.82) is 0 Å². The molecule has 0 heterocycles. The van der Waals surface area contributed by atoms with Gasteiger partial charge in [-0.15, -0.1) is 0 Å². The van der Waals surface area contributed by atoms with Gasteiger partial charge in [-0.05, 0) is 30.4 Å². The second kappa shape index (κ2) is 7.93. The fourth-order valence-corrected chi connectivity index (χ4v) is 2.31. The van der Waals surface area contributed by atoms with Gasteiger partial charge in [-0.25, -0.2) is 0 Å². The van der Waals surface area contributed by atoms with Gasteiger partial charge in [-0.2, -0.15) is 0 Å². The van der Waals surface area contributed by atoms with Crippen LogP contribution in [0.15, 0.2) is 28.7 Å². The van der Waals surface area contributed by atoms with Gasteiger partial charge in [0, 0.05) is 17.1 Å². The van der Waals surface area contributed by atoms with Gasteiger partial charge in [0.1, 0.15) is 0 Å². The normalized spacial score (nSPS) is 14.8. The number of benzene rings is 1. The predicted octanol–water partition coefficient (Wildman–Crippen LogP) is 4.29. The summed E-state index contributed by atoms with van der Waals surface area (Å²) in [6.45, 7) is 7.27. The summed E-state index contributed by atoms with van der Waals surface area (Å²) in [5.41, 5.74) is 7.34.